The van der Waals surface area contributed by atoms with E-state index in [0.29, 0.717) is 6.54 Å². The van der Waals surface area contributed by atoms with Crippen molar-refractivity contribution in [2.45, 2.75) is 12.1 Å². The van der Waals surface area contributed by atoms with Gasteiger partial charge in [0.15, 0.2) is 6.10 Å². The third-order valence-corrected chi connectivity index (χ3v) is 5.10. The first kappa shape index (κ1) is 20.7. The minimum atomic E-state index is -0.425. The molecule has 0 fully saturated rings. The Morgan fingerprint density at radius 1 is 1.00 bits per heavy atom. The average Bonchev–Trinajstić information content (AvgIpc) is 3.02. The Kier molecular flexibility index (Phi) is 6.11. The molecule has 0 aliphatic heterocycles. The van der Waals surface area contributed by atoms with Gasteiger partial charge in [0, 0.05) is 30.8 Å². The molecule has 1 unspecified atom stereocenters. The molecule has 5 nitrogen and oxygen atoms in total. The second kappa shape index (κ2) is 8.55. The molecule has 1 aliphatic carbocycles. The summed E-state index contributed by atoms with van der Waals surface area (Å²) in [6, 6.07) is 22.3. The number of carbonyl (C=O) groups excluding carboxylic acids is 1. The maximum atomic E-state index is 12.7. The summed E-state index contributed by atoms with van der Waals surface area (Å²) in [6.07, 6.45) is -0.849. The predicted octanol–water partition coefficient (Wildman–Crippen LogP) is 4.65. The number of phenols is 1. The van der Waals surface area contributed by atoms with Gasteiger partial charge in [0.1, 0.15) is 5.75 Å². The van der Waals surface area contributed by atoms with E-state index >= 15 is 0 Å². The van der Waals surface area contributed by atoms with Gasteiger partial charge in [-0.1, -0.05) is 60.7 Å². The first-order valence-electron chi connectivity index (χ1n) is 9.19. The summed E-state index contributed by atoms with van der Waals surface area (Å²) in [7, 11) is 1.68. The highest BCUT2D eigenvalue weighted by Crippen LogP contribution is 2.45. The summed E-state index contributed by atoms with van der Waals surface area (Å²) in [6.45, 7) is 0.305. The molecule has 0 heterocycles. The Morgan fingerprint density at radius 3 is 2.07 bits per heavy atom. The fraction of sp³-hybridized carbons (Fsp3) is 0.174. The Hall–Kier alpha value is -3.02. The number of phenolic OH excluding ortho intramolecular Hbond substituents is 1. The lowest BCUT2D eigenvalue weighted by molar-refractivity contribution is 0.0846. The molecule has 1 aliphatic rings. The third-order valence-electron chi connectivity index (χ3n) is 5.10. The van der Waals surface area contributed by atoms with Gasteiger partial charge in [-0.15, -0.1) is 12.4 Å². The van der Waals surface area contributed by atoms with E-state index in [9.17, 15) is 9.90 Å². The van der Waals surface area contributed by atoms with Gasteiger partial charge >= 0.3 is 6.09 Å². The standard InChI is InChI=1S/C23H22N2O3.ClH/c1-25(14-21(24)15-10-12-16(26)13-11-15)23(27)28-22-19-8-4-2-6-17(19)18-7-3-5-9-20(18)22;/h2-13,21-22,26H,14,24H2,1H3;1H. The van der Waals surface area contributed by atoms with E-state index in [4.69, 9.17) is 10.5 Å². The van der Waals surface area contributed by atoms with Crippen molar-refractivity contribution in [3.8, 4) is 16.9 Å². The molecule has 0 saturated heterocycles. The van der Waals surface area contributed by atoms with Crippen LogP contribution < -0.4 is 5.73 Å². The zero-order valence-corrected chi connectivity index (χ0v) is 16.8. The van der Waals surface area contributed by atoms with Crippen molar-refractivity contribution in [1.82, 2.24) is 4.90 Å². The normalized spacial score (nSPS) is 13.0. The van der Waals surface area contributed by atoms with E-state index in [-0.39, 0.29) is 24.2 Å². The Morgan fingerprint density at radius 2 is 1.52 bits per heavy atom. The van der Waals surface area contributed by atoms with Gasteiger partial charge in [0.05, 0.1) is 0 Å². The number of nitrogens with zero attached hydrogens (tertiary/aromatic N) is 1. The van der Waals surface area contributed by atoms with Crippen molar-refractivity contribution in [2.24, 2.45) is 5.73 Å². The fourth-order valence-corrected chi connectivity index (χ4v) is 3.62. The van der Waals surface area contributed by atoms with E-state index in [1.165, 1.54) is 4.90 Å². The van der Waals surface area contributed by atoms with Gasteiger partial charge in [-0.3, -0.25) is 0 Å². The van der Waals surface area contributed by atoms with Crippen molar-refractivity contribution in [3.63, 3.8) is 0 Å². The molecule has 0 aromatic heterocycles. The van der Waals surface area contributed by atoms with Crippen LogP contribution in [0.25, 0.3) is 11.1 Å². The van der Waals surface area contributed by atoms with Crippen LogP contribution in [-0.2, 0) is 4.74 Å². The molecule has 0 radical (unpaired) electrons. The highest BCUT2D eigenvalue weighted by molar-refractivity contribution is 5.85. The lowest BCUT2D eigenvalue weighted by Gasteiger charge is -2.24. The second-order valence-corrected chi connectivity index (χ2v) is 7.02. The van der Waals surface area contributed by atoms with E-state index in [0.717, 1.165) is 27.8 Å². The molecular weight excluding hydrogens is 388 g/mol. The second-order valence-electron chi connectivity index (χ2n) is 7.02. The summed E-state index contributed by atoms with van der Waals surface area (Å²) in [5.41, 5.74) is 11.2. The van der Waals surface area contributed by atoms with Gasteiger partial charge < -0.3 is 20.5 Å². The van der Waals surface area contributed by atoms with Crippen molar-refractivity contribution in [2.75, 3.05) is 13.6 Å². The predicted molar refractivity (Wildman–Crippen MR) is 115 cm³/mol. The first-order valence-corrected chi connectivity index (χ1v) is 9.19. The third kappa shape index (κ3) is 4.06. The number of nitrogens with two attached hydrogens (primary N) is 1. The first-order chi connectivity index (χ1) is 13.5. The van der Waals surface area contributed by atoms with Gasteiger partial charge in [-0.05, 0) is 28.8 Å². The van der Waals surface area contributed by atoms with E-state index in [1.807, 2.05) is 48.5 Å². The number of likely N-dealkylation sites (N-methyl/N-ethyl adjacent to an activating group) is 1. The smallest absolute Gasteiger partial charge is 0.410 e. The number of halogens is 1. The highest BCUT2D eigenvalue weighted by atomic mass is 35.5. The maximum absolute atomic E-state index is 12.7. The number of amides is 1. The molecular formula is C23H23ClN2O3. The molecule has 150 valence electrons. The van der Waals surface area contributed by atoms with Crippen molar-refractivity contribution in [1.29, 1.82) is 0 Å². The Balaban J connectivity index is 0.00000240. The van der Waals surface area contributed by atoms with E-state index in [1.54, 1.807) is 31.3 Å². The van der Waals surface area contributed by atoms with Gasteiger partial charge in [0.25, 0.3) is 0 Å². The number of rotatable bonds is 4. The van der Waals surface area contributed by atoms with Crippen molar-refractivity contribution in [3.05, 3.63) is 89.5 Å². The lowest BCUT2D eigenvalue weighted by atomic mass is 10.1. The van der Waals surface area contributed by atoms with Gasteiger partial charge in [0.2, 0.25) is 0 Å². The van der Waals surface area contributed by atoms with Gasteiger partial charge in [-0.2, -0.15) is 0 Å². The summed E-state index contributed by atoms with van der Waals surface area (Å²) < 4.78 is 5.87. The van der Waals surface area contributed by atoms with Crippen molar-refractivity contribution >= 4 is 18.5 Å². The minimum absolute atomic E-state index is 0. The summed E-state index contributed by atoms with van der Waals surface area (Å²) >= 11 is 0. The molecule has 0 bridgehead atoms. The summed E-state index contributed by atoms with van der Waals surface area (Å²) in [4.78, 5) is 14.2. The SMILES string of the molecule is CN(CC(N)c1ccc(O)cc1)C(=O)OC1c2ccccc2-c2ccccc21.Cl. The number of carbonyl (C=O) groups is 1. The minimum Gasteiger partial charge on any atom is -0.508 e. The molecule has 3 N–H and O–H groups in total. The van der Waals surface area contributed by atoms with Crippen LogP contribution in [0.15, 0.2) is 72.8 Å². The molecule has 3 aromatic rings. The van der Waals surface area contributed by atoms with Crippen LogP contribution in [0.1, 0.15) is 28.8 Å². The van der Waals surface area contributed by atoms with Crippen LogP contribution in [0.4, 0.5) is 4.79 Å². The number of benzene rings is 3. The molecule has 4 rings (SSSR count). The molecule has 0 saturated carbocycles. The van der Waals surface area contributed by atoms with Crippen LogP contribution in [0.5, 0.6) is 5.75 Å². The topological polar surface area (TPSA) is 75.8 Å². The number of fused-ring (bicyclic) bond motifs is 3. The average molecular weight is 411 g/mol. The lowest BCUT2D eigenvalue weighted by Crippen LogP contribution is -2.35. The maximum Gasteiger partial charge on any atom is 0.410 e. The van der Waals surface area contributed by atoms with E-state index < -0.39 is 12.2 Å². The fourth-order valence-electron chi connectivity index (χ4n) is 3.62. The monoisotopic (exact) mass is 410 g/mol. The Labute approximate surface area is 176 Å². The molecule has 29 heavy (non-hydrogen) atoms. The Bertz CT molecular complexity index is 962. The molecule has 1 amide bonds. The molecule has 3 aromatic carbocycles. The highest BCUT2D eigenvalue weighted by Gasteiger charge is 2.32. The van der Waals surface area contributed by atoms with Crippen LogP contribution >= 0.6 is 12.4 Å². The summed E-state index contributed by atoms with van der Waals surface area (Å²) in [5, 5.41) is 9.40. The van der Waals surface area contributed by atoms with Gasteiger partial charge in [-0.25, -0.2) is 4.79 Å². The number of hydrogen-bond donors (Lipinski definition) is 2. The number of ether oxygens (including phenoxy) is 1. The van der Waals surface area contributed by atoms with E-state index in [2.05, 4.69) is 0 Å². The molecule has 1 atom stereocenters. The van der Waals surface area contributed by atoms with Crippen LogP contribution in [-0.4, -0.2) is 29.7 Å². The quantitative estimate of drug-likeness (QED) is 0.656. The zero-order chi connectivity index (χ0) is 19.7. The number of hydrogen-bond acceptors (Lipinski definition) is 4. The van der Waals surface area contributed by atoms with Crippen LogP contribution in [0.2, 0.25) is 0 Å². The van der Waals surface area contributed by atoms with Crippen molar-refractivity contribution < 1.29 is 14.6 Å². The largest absolute Gasteiger partial charge is 0.508 e. The summed E-state index contributed by atoms with van der Waals surface area (Å²) in [5.74, 6) is 0.183. The van der Waals surface area contributed by atoms with Crippen LogP contribution in [0, 0.1) is 0 Å². The molecule has 6 heteroatoms. The zero-order valence-electron chi connectivity index (χ0n) is 16.0. The van der Waals surface area contributed by atoms with Crippen LogP contribution in [0.3, 0.4) is 0 Å². The molecule has 0 spiro atoms. The number of aromatic hydroxyl groups is 1.